The van der Waals surface area contributed by atoms with Gasteiger partial charge >= 0.3 is 0 Å². The van der Waals surface area contributed by atoms with Gasteiger partial charge in [0.15, 0.2) is 17.5 Å². The summed E-state index contributed by atoms with van der Waals surface area (Å²) >= 11 is 0. The second-order valence-electron chi connectivity index (χ2n) is 11.0. The Morgan fingerprint density at radius 3 is 1.66 bits per heavy atom. The Bertz CT molecular complexity index is 2270. The monoisotopic (exact) mass is 565 g/mol. The summed E-state index contributed by atoms with van der Waals surface area (Å²) in [5.41, 5.74) is 10.2. The molecule has 2 heterocycles. The van der Waals surface area contributed by atoms with E-state index in [1.54, 1.807) is 0 Å². The van der Waals surface area contributed by atoms with E-state index >= 15 is 0 Å². The number of rotatable bonds is 5. The van der Waals surface area contributed by atoms with E-state index in [1.807, 2.05) is 42.5 Å². The fourth-order valence-corrected chi connectivity index (χ4v) is 5.81. The van der Waals surface area contributed by atoms with Crippen LogP contribution in [-0.4, -0.2) is 15.0 Å². The number of benzene rings is 6. The Balaban J connectivity index is 1.26. The zero-order valence-corrected chi connectivity index (χ0v) is 24.1. The van der Waals surface area contributed by atoms with Crippen LogP contribution in [0.2, 0.25) is 0 Å². The van der Waals surface area contributed by atoms with E-state index < -0.39 is 0 Å². The van der Waals surface area contributed by atoms with Crippen molar-refractivity contribution in [2.75, 3.05) is 0 Å². The predicted octanol–water partition coefficient (Wildman–Crippen LogP) is 10.4. The highest BCUT2D eigenvalue weighted by Crippen LogP contribution is 2.38. The van der Waals surface area contributed by atoms with Crippen LogP contribution in [0.15, 0.2) is 150 Å². The lowest BCUT2D eigenvalue weighted by molar-refractivity contribution is 0.669. The molecule has 0 aliphatic carbocycles. The van der Waals surface area contributed by atoms with Crippen molar-refractivity contribution in [3.8, 4) is 56.4 Å². The van der Waals surface area contributed by atoms with Crippen molar-refractivity contribution in [3.05, 3.63) is 151 Å². The maximum absolute atomic E-state index is 6.41. The van der Waals surface area contributed by atoms with E-state index in [9.17, 15) is 0 Å². The van der Waals surface area contributed by atoms with Crippen LogP contribution >= 0.6 is 0 Å². The minimum absolute atomic E-state index is 0.601. The first-order valence-electron chi connectivity index (χ1n) is 14.7. The van der Waals surface area contributed by atoms with E-state index in [2.05, 4.69) is 110 Å². The van der Waals surface area contributed by atoms with Crippen molar-refractivity contribution >= 4 is 21.9 Å². The molecule has 4 nitrogen and oxygen atoms in total. The van der Waals surface area contributed by atoms with Gasteiger partial charge in [-0.2, -0.15) is 0 Å². The third-order valence-corrected chi connectivity index (χ3v) is 8.00. The van der Waals surface area contributed by atoms with Gasteiger partial charge in [-0.15, -0.1) is 0 Å². The average molecular weight is 566 g/mol. The normalized spacial score (nSPS) is 11.3. The average Bonchev–Trinajstić information content (AvgIpc) is 3.47. The van der Waals surface area contributed by atoms with Gasteiger partial charge in [0.25, 0.3) is 0 Å². The SMILES string of the molecule is Cc1cccc(-c2nc(-c3ccc(-c4ccccc4)cc3)nc(-c3ccc4c(c3)oc3cccc(-c5ccccc5)c34)n2)c1. The molecule has 0 fully saturated rings. The Morgan fingerprint density at radius 2 is 0.955 bits per heavy atom. The molecule has 0 radical (unpaired) electrons. The molecule has 0 aliphatic heterocycles. The summed E-state index contributed by atoms with van der Waals surface area (Å²) in [6.45, 7) is 2.08. The fourth-order valence-electron chi connectivity index (χ4n) is 5.81. The van der Waals surface area contributed by atoms with Crippen LogP contribution in [0.1, 0.15) is 5.56 Å². The van der Waals surface area contributed by atoms with Crippen molar-refractivity contribution in [2.45, 2.75) is 6.92 Å². The molecule has 44 heavy (non-hydrogen) atoms. The second-order valence-corrected chi connectivity index (χ2v) is 11.0. The molecule has 0 N–H and O–H groups in total. The molecule has 0 saturated carbocycles. The number of fused-ring (bicyclic) bond motifs is 3. The lowest BCUT2D eigenvalue weighted by atomic mass is 9.99. The highest BCUT2D eigenvalue weighted by molar-refractivity contribution is 6.12. The first kappa shape index (κ1) is 25.8. The van der Waals surface area contributed by atoms with E-state index in [0.29, 0.717) is 17.5 Å². The van der Waals surface area contributed by atoms with Crippen LogP contribution in [0.5, 0.6) is 0 Å². The van der Waals surface area contributed by atoms with Gasteiger partial charge in [0, 0.05) is 27.5 Å². The summed E-state index contributed by atoms with van der Waals surface area (Å²) in [6, 6.07) is 49.9. The lowest BCUT2D eigenvalue weighted by Crippen LogP contribution is -2.00. The Kier molecular flexibility index (Phi) is 6.31. The summed E-state index contributed by atoms with van der Waals surface area (Å²) < 4.78 is 6.41. The minimum atomic E-state index is 0.601. The van der Waals surface area contributed by atoms with E-state index in [0.717, 1.165) is 60.9 Å². The van der Waals surface area contributed by atoms with Gasteiger partial charge < -0.3 is 4.42 Å². The summed E-state index contributed by atoms with van der Waals surface area (Å²) in [5.74, 6) is 1.86. The molecule has 8 rings (SSSR count). The van der Waals surface area contributed by atoms with E-state index in [-0.39, 0.29) is 0 Å². The third-order valence-electron chi connectivity index (χ3n) is 8.00. The number of aromatic nitrogens is 3. The predicted molar refractivity (Wildman–Crippen MR) is 179 cm³/mol. The number of aryl methyl sites for hydroxylation is 1. The van der Waals surface area contributed by atoms with Crippen molar-refractivity contribution < 1.29 is 4.42 Å². The zero-order chi connectivity index (χ0) is 29.5. The minimum Gasteiger partial charge on any atom is -0.456 e. The highest BCUT2D eigenvalue weighted by Gasteiger charge is 2.16. The lowest BCUT2D eigenvalue weighted by Gasteiger charge is -2.09. The first-order chi connectivity index (χ1) is 21.7. The van der Waals surface area contributed by atoms with Crippen LogP contribution in [-0.2, 0) is 0 Å². The highest BCUT2D eigenvalue weighted by atomic mass is 16.3. The van der Waals surface area contributed by atoms with Crippen LogP contribution in [0.25, 0.3) is 78.4 Å². The topological polar surface area (TPSA) is 51.8 Å². The van der Waals surface area contributed by atoms with Crippen LogP contribution in [0, 0.1) is 6.92 Å². The molecule has 0 amide bonds. The van der Waals surface area contributed by atoms with Crippen molar-refractivity contribution in [1.29, 1.82) is 0 Å². The summed E-state index contributed by atoms with van der Waals surface area (Å²) in [6.07, 6.45) is 0. The molecule has 4 heteroatoms. The van der Waals surface area contributed by atoms with Gasteiger partial charge in [-0.1, -0.05) is 127 Å². The van der Waals surface area contributed by atoms with Gasteiger partial charge in [0.05, 0.1) is 0 Å². The van der Waals surface area contributed by atoms with E-state index in [1.165, 1.54) is 5.56 Å². The quantitative estimate of drug-likeness (QED) is 0.208. The molecule has 6 aromatic carbocycles. The van der Waals surface area contributed by atoms with Crippen LogP contribution < -0.4 is 0 Å². The molecule has 8 aromatic rings. The molecular weight excluding hydrogens is 538 g/mol. The van der Waals surface area contributed by atoms with Gasteiger partial charge in [-0.05, 0) is 53.4 Å². The van der Waals surface area contributed by atoms with E-state index in [4.69, 9.17) is 19.4 Å². The molecule has 0 bridgehead atoms. The molecule has 208 valence electrons. The summed E-state index contributed by atoms with van der Waals surface area (Å²) in [5, 5.41) is 2.17. The summed E-state index contributed by atoms with van der Waals surface area (Å²) in [4.78, 5) is 14.9. The van der Waals surface area contributed by atoms with Crippen LogP contribution in [0.4, 0.5) is 0 Å². The molecular formula is C40H27N3O. The number of furan rings is 1. The molecule has 0 spiro atoms. The van der Waals surface area contributed by atoms with Crippen LogP contribution in [0.3, 0.4) is 0 Å². The number of hydrogen-bond acceptors (Lipinski definition) is 4. The molecule has 0 aliphatic rings. The molecule has 0 unspecified atom stereocenters. The van der Waals surface area contributed by atoms with Crippen molar-refractivity contribution in [1.82, 2.24) is 15.0 Å². The maximum atomic E-state index is 6.41. The fraction of sp³-hybridized carbons (Fsp3) is 0.0250. The smallest absolute Gasteiger partial charge is 0.164 e. The molecule has 0 saturated heterocycles. The first-order valence-corrected chi connectivity index (χ1v) is 14.7. The van der Waals surface area contributed by atoms with Crippen molar-refractivity contribution in [3.63, 3.8) is 0 Å². The Hall–Kier alpha value is -5.87. The Labute approximate surface area is 255 Å². The third kappa shape index (κ3) is 4.73. The molecule has 0 atom stereocenters. The van der Waals surface area contributed by atoms with Gasteiger partial charge in [0.2, 0.25) is 0 Å². The summed E-state index contributed by atoms with van der Waals surface area (Å²) in [7, 11) is 0. The van der Waals surface area contributed by atoms with Gasteiger partial charge in [-0.3, -0.25) is 0 Å². The van der Waals surface area contributed by atoms with Crippen molar-refractivity contribution in [2.24, 2.45) is 0 Å². The zero-order valence-electron chi connectivity index (χ0n) is 24.1. The van der Waals surface area contributed by atoms with Gasteiger partial charge in [0.1, 0.15) is 11.2 Å². The molecule has 2 aromatic heterocycles. The Morgan fingerprint density at radius 1 is 0.409 bits per heavy atom. The maximum Gasteiger partial charge on any atom is 0.164 e. The van der Waals surface area contributed by atoms with Gasteiger partial charge in [-0.25, -0.2) is 15.0 Å². The standard InChI is InChI=1S/C40H27N3O/c1-26-10-8-15-31(24-26)39-41-38(30-20-18-28(19-21-30)27-11-4-2-5-12-27)42-40(43-39)32-22-23-34-36(25-32)44-35-17-9-16-33(37(34)35)29-13-6-3-7-14-29/h2-25H,1H3. The second kappa shape index (κ2) is 10.8. The number of hydrogen-bond donors (Lipinski definition) is 0. The number of nitrogens with zero attached hydrogens (tertiary/aromatic N) is 3. The largest absolute Gasteiger partial charge is 0.456 e.